The lowest BCUT2D eigenvalue weighted by Crippen LogP contribution is -2.65. The molecule has 10 nitrogen and oxygen atoms in total. The van der Waals surface area contributed by atoms with Gasteiger partial charge < -0.3 is 28.8 Å². The Morgan fingerprint density at radius 1 is 1.17 bits per heavy atom. The number of nitrogens with zero attached hydrogens (tertiary/aromatic N) is 2. The van der Waals surface area contributed by atoms with Crippen LogP contribution in [-0.4, -0.2) is 74.0 Å². The molecule has 2 N–H and O–H groups in total. The van der Waals surface area contributed by atoms with Crippen molar-refractivity contribution < 1.29 is 37.5 Å². The van der Waals surface area contributed by atoms with Crippen molar-refractivity contribution in [3.05, 3.63) is 63.9 Å². The van der Waals surface area contributed by atoms with Crippen LogP contribution in [0.4, 0.5) is 4.39 Å². The van der Waals surface area contributed by atoms with E-state index < -0.39 is 54.9 Å². The van der Waals surface area contributed by atoms with Gasteiger partial charge in [0.05, 0.1) is 24.8 Å². The number of likely N-dealkylation sites (tertiary alicyclic amines) is 1. The smallest absolute Gasteiger partial charge is 0.265 e. The van der Waals surface area contributed by atoms with Crippen LogP contribution in [-0.2, 0) is 10.8 Å². The molecule has 1 aliphatic heterocycles. The van der Waals surface area contributed by atoms with Crippen molar-refractivity contribution in [1.82, 2.24) is 15.4 Å². The van der Waals surface area contributed by atoms with Crippen LogP contribution in [0.15, 0.2) is 34.6 Å². The van der Waals surface area contributed by atoms with E-state index in [1.54, 1.807) is 12.1 Å². The maximum atomic E-state index is 16.9. The van der Waals surface area contributed by atoms with E-state index in [4.69, 9.17) is 18.4 Å². The zero-order valence-corrected chi connectivity index (χ0v) is 33.8. The Kier molecular flexibility index (Phi) is 11.2. The number of rotatable bonds is 14. The van der Waals surface area contributed by atoms with Crippen LogP contribution in [0.3, 0.4) is 0 Å². The summed E-state index contributed by atoms with van der Waals surface area (Å²) in [7, 11) is -0.884. The lowest BCUT2D eigenvalue weighted by Gasteiger charge is -2.54. The Morgan fingerprint density at radius 3 is 2.49 bits per heavy atom. The molecule has 1 fully saturated rings. The summed E-state index contributed by atoms with van der Waals surface area (Å²) in [5.74, 6) is -2.55. The Morgan fingerprint density at radius 2 is 1.87 bits per heavy atom. The second-order valence-electron chi connectivity index (χ2n) is 16.8. The van der Waals surface area contributed by atoms with Crippen molar-refractivity contribution >= 4 is 19.9 Å². The first kappa shape index (κ1) is 39.4. The lowest BCUT2D eigenvalue weighted by atomic mass is 9.58. The average molecular weight is 752 g/mol. The fraction of sp³-hybridized carbons (Fsp3) is 0.634. The van der Waals surface area contributed by atoms with E-state index in [-0.39, 0.29) is 46.5 Å². The van der Waals surface area contributed by atoms with Crippen LogP contribution in [0.2, 0.25) is 18.1 Å². The molecular formula is C41H58FN3O7Si. The molecule has 12 heteroatoms. The van der Waals surface area contributed by atoms with E-state index in [1.165, 1.54) is 0 Å². The third kappa shape index (κ3) is 6.61. The number of allylic oxidation sites excluding steroid dienone is 1. The predicted octanol–water partition coefficient (Wildman–Crippen LogP) is 8.60. The molecule has 0 saturated carbocycles. The van der Waals surface area contributed by atoms with Crippen LogP contribution >= 0.6 is 0 Å². The monoisotopic (exact) mass is 751 g/mol. The van der Waals surface area contributed by atoms with Gasteiger partial charge in [-0.25, -0.2) is 4.39 Å². The number of aliphatic hydroxyl groups is 1. The van der Waals surface area contributed by atoms with E-state index in [1.807, 2.05) is 27.1 Å². The highest BCUT2D eigenvalue weighted by atomic mass is 28.4. The largest absolute Gasteiger partial charge is 0.508 e. The molecule has 4 aliphatic rings. The summed E-state index contributed by atoms with van der Waals surface area (Å²) in [5.41, 5.74) is -0.805. The summed E-state index contributed by atoms with van der Waals surface area (Å²) >= 11 is 0. The first-order chi connectivity index (χ1) is 25.1. The molecular weight excluding hydrogens is 694 g/mol. The SMILES string of the molecule is C=CCN[C@@H]1c2onc(OCCCC)c2C(=O)[C@@]2(O[Si](C)(C)C(C)(C)C)C(O)=C3C(=O)c4c(OCCCC)cc(C5CCCN5C)c(F)c4C[C@H]3C[C@@H]12. The molecule has 6 rings (SSSR count). The van der Waals surface area contributed by atoms with Crippen LogP contribution < -0.4 is 14.8 Å². The standard InChI is InChI=1S/C41H58FN3O7Si/c1-10-13-19-49-29-23-25(28-16-15-18-45(28)7)33(42)26-21-24-22-27-34(43-17-12-3)36-32(39(44-51-36)50-20-14-11-2)38(48)41(27,52-53(8,9)40(4,5)6)37(47)30(24)35(46)31(26)29/h12,23-24,27-28,34,43,47H,3,10-11,13-22H2,1-2,4-9H3/t24-,27-,28?,34-,41-/m0/s1. The van der Waals surface area contributed by atoms with Crippen molar-refractivity contribution in [2.24, 2.45) is 11.8 Å². The maximum absolute atomic E-state index is 16.9. The Labute approximate surface area is 314 Å². The van der Waals surface area contributed by atoms with E-state index in [9.17, 15) is 5.11 Å². The van der Waals surface area contributed by atoms with Crippen LogP contribution in [0, 0.1) is 17.7 Å². The van der Waals surface area contributed by atoms with Gasteiger partial charge >= 0.3 is 0 Å². The topological polar surface area (TPSA) is 123 Å². The quantitative estimate of drug-likeness (QED) is 0.110. The number of carbonyl (C=O) groups is 2. The van der Waals surface area contributed by atoms with Gasteiger partial charge in [0.25, 0.3) is 5.88 Å². The minimum Gasteiger partial charge on any atom is -0.508 e. The van der Waals surface area contributed by atoms with Gasteiger partial charge in [-0.05, 0) is 87.4 Å². The number of benzene rings is 1. The molecule has 1 saturated heterocycles. The van der Waals surface area contributed by atoms with Crippen molar-refractivity contribution in [3.8, 4) is 11.6 Å². The second kappa shape index (κ2) is 15.1. The van der Waals surface area contributed by atoms with E-state index in [0.29, 0.717) is 42.4 Å². The zero-order valence-electron chi connectivity index (χ0n) is 32.8. The third-order valence-electron chi connectivity index (χ3n) is 12.4. The zero-order chi connectivity index (χ0) is 38.5. The molecule has 1 aromatic heterocycles. The van der Waals surface area contributed by atoms with E-state index >= 15 is 14.0 Å². The van der Waals surface area contributed by atoms with Gasteiger partial charge in [-0.15, -0.1) is 6.58 Å². The number of ether oxygens (including phenoxy) is 2. The average Bonchev–Trinajstić information content (AvgIpc) is 3.72. The molecule has 290 valence electrons. The van der Waals surface area contributed by atoms with Gasteiger partial charge in [0.15, 0.2) is 25.5 Å². The molecule has 0 radical (unpaired) electrons. The molecule has 2 aromatic rings. The normalized spacial score (nSPS) is 25.9. The Bertz CT molecular complexity index is 1780. The molecule has 3 aliphatic carbocycles. The van der Waals surface area contributed by atoms with Crippen LogP contribution in [0.1, 0.15) is 129 Å². The second-order valence-corrected chi connectivity index (χ2v) is 21.6. The summed E-state index contributed by atoms with van der Waals surface area (Å²) in [6.07, 6.45) is 7.13. The molecule has 0 bridgehead atoms. The number of unbranched alkanes of at least 4 members (excludes halogenated alkanes) is 2. The molecule has 1 aromatic carbocycles. The number of aromatic nitrogens is 1. The number of hydrogen-bond acceptors (Lipinski definition) is 10. The van der Waals surface area contributed by atoms with Crippen molar-refractivity contribution in [2.45, 2.75) is 122 Å². The Hall–Kier alpha value is -3.32. The molecule has 1 unspecified atom stereocenters. The number of fused-ring (bicyclic) bond motifs is 4. The van der Waals surface area contributed by atoms with Gasteiger partial charge in [0, 0.05) is 35.2 Å². The van der Waals surface area contributed by atoms with Gasteiger partial charge in [-0.1, -0.05) is 53.5 Å². The van der Waals surface area contributed by atoms with Crippen molar-refractivity contribution in [3.63, 3.8) is 0 Å². The number of carbonyl (C=O) groups excluding carboxylic acids is 2. The molecule has 53 heavy (non-hydrogen) atoms. The first-order valence-corrected chi connectivity index (χ1v) is 22.4. The van der Waals surface area contributed by atoms with Gasteiger partial charge in [-0.3, -0.25) is 14.5 Å². The number of hydrogen-bond donors (Lipinski definition) is 2. The minimum absolute atomic E-state index is 0.0406. The number of ketones is 2. The van der Waals surface area contributed by atoms with Gasteiger partial charge in [0.1, 0.15) is 22.9 Å². The number of aliphatic hydroxyl groups excluding tert-OH is 1. The maximum Gasteiger partial charge on any atom is 0.265 e. The fourth-order valence-corrected chi connectivity index (χ4v) is 9.91. The summed E-state index contributed by atoms with van der Waals surface area (Å²) in [6, 6.07) is 0.899. The number of Topliss-reactive ketones (excluding diaryl/α,β-unsaturated/α-hetero) is 2. The van der Waals surface area contributed by atoms with E-state index in [0.717, 1.165) is 45.1 Å². The highest BCUT2D eigenvalue weighted by Crippen LogP contribution is 2.59. The van der Waals surface area contributed by atoms with E-state index in [2.05, 4.69) is 49.6 Å². The lowest BCUT2D eigenvalue weighted by molar-refractivity contribution is -0.0319. The Balaban J connectivity index is 1.59. The predicted molar refractivity (Wildman–Crippen MR) is 204 cm³/mol. The van der Waals surface area contributed by atoms with Crippen molar-refractivity contribution in [1.29, 1.82) is 0 Å². The summed E-state index contributed by atoms with van der Waals surface area (Å²) < 4.78 is 42.4. The summed E-state index contributed by atoms with van der Waals surface area (Å²) in [6.45, 7) is 20.1. The summed E-state index contributed by atoms with van der Waals surface area (Å²) in [5, 5.41) is 20.2. The van der Waals surface area contributed by atoms with Crippen LogP contribution in [0.5, 0.6) is 11.6 Å². The minimum atomic E-state index is -2.88. The van der Waals surface area contributed by atoms with Gasteiger partial charge in [0.2, 0.25) is 5.78 Å². The molecule has 5 atom stereocenters. The molecule has 2 heterocycles. The van der Waals surface area contributed by atoms with Crippen molar-refractivity contribution in [2.75, 3.05) is 33.4 Å². The fourth-order valence-electron chi connectivity index (χ4n) is 8.46. The number of halogens is 1. The summed E-state index contributed by atoms with van der Waals surface area (Å²) in [4.78, 5) is 32.5. The molecule has 0 spiro atoms. The number of nitrogens with one attached hydrogen (secondary N) is 1. The molecule has 0 amide bonds. The highest BCUT2D eigenvalue weighted by molar-refractivity contribution is 6.74. The third-order valence-corrected chi connectivity index (χ3v) is 16.8. The van der Waals surface area contributed by atoms with Gasteiger partial charge in [-0.2, -0.15) is 0 Å². The first-order valence-electron chi connectivity index (χ1n) is 19.5. The highest BCUT2D eigenvalue weighted by Gasteiger charge is 2.67. The van der Waals surface area contributed by atoms with Crippen LogP contribution in [0.25, 0.3) is 0 Å².